The van der Waals surface area contributed by atoms with E-state index in [9.17, 15) is 0 Å². The average molecular weight is 154 g/mol. The Morgan fingerprint density at radius 1 is 1.64 bits per heavy atom. The molecule has 0 fully saturated rings. The molecule has 11 heavy (non-hydrogen) atoms. The Balaban J connectivity index is -0.000000151. The van der Waals surface area contributed by atoms with Crippen molar-refractivity contribution in [2.24, 2.45) is 0 Å². The van der Waals surface area contributed by atoms with Crippen LogP contribution < -0.4 is 0 Å². The summed E-state index contributed by atoms with van der Waals surface area (Å²) in [5, 5.41) is 0. The van der Waals surface area contributed by atoms with Gasteiger partial charge in [-0.05, 0) is 44.6 Å². The smallest absolute Gasteiger partial charge is 0.490 e. The van der Waals surface area contributed by atoms with Crippen LogP contribution >= 0.6 is 0 Å². The minimum Gasteiger partial charge on any atom is -0.490 e. The lowest BCUT2D eigenvalue weighted by Crippen LogP contribution is -2.06. The molecule has 1 nitrogen and oxygen atoms in total. The van der Waals surface area contributed by atoms with E-state index in [1.165, 1.54) is 11.1 Å². The summed E-state index contributed by atoms with van der Waals surface area (Å²) in [7, 11) is 0. The average Bonchev–Trinajstić information content (AvgIpc) is 1.85. The van der Waals surface area contributed by atoms with E-state index in [1.54, 1.807) is 6.26 Å². The van der Waals surface area contributed by atoms with Gasteiger partial charge >= 0.3 is 5.71 Å². The number of hydrogen-bond acceptors (Lipinski definition) is 1. The molecule has 0 N–H and O–H groups in total. The van der Waals surface area contributed by atoms with Crippen LogP contribution in [0.5, 0.6) is 0 Å². The van der Waals surface area contributed by atoms with Crippen molar-refractivity contribution in [2.75, 3.05) is 0 Å². The summed E-state index contributed by atoms with van der Waals surface area (Å²) in [5.41, 5.74) is 2.55. The Morgan fingerprint density at radius 2 is 2.36 bits per heavy atom. The highest BCUT2D eigenvalue weighted by atomic mass is 16.5. The summed E-state index contributed by atoms with van der Waals surface area (Å²) in [4.78, 5) is 0. The molecule has 0 unspecified atom stereocenters. The number of allylic oxidation sites excluding steroid dienone is 3. The second-order valence-electron chi connectivity index (χ2n) is 3.06. The Labute approximate surface area is 74.0 Å². The van der Waals surface area contributed by atoms with Gasteiger partial charge in [0, 0.05) is 0 Å². The zero-order valence-electron chi connectivity index (χ0n) is 11.3. The normalized spacial score (nSPS) is 22.1. The van der Waals surface area contributed by atoms with Crippen LogP contribution in [-0.2, 0) is 4.74 Å². The largest absolute Gasteiger partial charge is 1.00 e. The second kappa shape index (κ2) is 3.42. The van der Waals surface area contributed by atoms with Gasteiger partial charge in [0.15, 0.2) is 0 Å². The molecule has 1 aliphatic heterocycles. The lowest BCUT2D eigenvalue weighted by molar-refractivity contribution is 0.222. The maximum absolute atomic E-state index is 5.33. The first-order chi connectivity index (χ1) is 5.18. The van der Waals surface area contributed by atoms with E-state index in [4.69, 9.17) is 4.74 Å². The lowest BCUT2D eigenvalue weighted by atomic mass is 10.1. The molecule has 1 heterocycles. The molecule has 0 amide bonds. The summed E-state index contributed by atoms with van der Waals surface area (Å²) >= 11 is 0. The van der Waals surface area contributed by atoms with Crippen molar-refractivity contribution in [3.05, 3.63) is 35.6 Å². The minimum atomic E-state index is 0. The zero-order valence-corrected chi connectivity index (χ0v) is 7.29. The first-order valence-corrected chi connectivity index (χ1v) is 3.84. The van der Waals surface area contributed by atoms with Crippen LogP contribution in [0.15, 0.2) is 35.6 Å². The number of ether oxygens (including phenoxy) is 1. The molecule has 0 aliphatic carbocycles. The van der Waals surface area contributed by atoms with Crippen molar-refractivity contribution in [1.82, 2.24) is 0 Å². The van der Waals surface area contributed by atoms with Crippen LogP contribution in [0.2, 0.25) is 0 Å². The van der Waals surface area contributed by atoms with Crippen molar-refractivity contribution < 1.29 is 10.4 Å². The van der Waals surface area contributed by atoms with Gasteiger partial charge in [0.25, 0.3) is 0 Å². The molecule has 1 heteroatoms. The van der Waals surface area contributed by atoms with Gasteiger partial charge in [0.2, 0.25) is 0 Å². The molecule has 1 atom stereocenters. The van der Waals surface area contributed by atoms with E-state index >= 15 is 0 Å². The van der Waals surface area contributed by atoms with Gasteiger partial charge < -0.3 is 4.74 Å². The third-order valence-electron chi connectivity index (χ3n) is 1.49. The predicted molar refractivity (Wildman–Crippen MR) is 51.6 cm³/mol. The molecule has 0 aromatic rings. The molecule has 0 radical (unpaired) electrons. The first kappa shape index (κ1) is 8.12. The highest BCUT2D eigenvalue weighted by Gasteiger charge is 2.03. The summed E-state index contributed by atoms with van der Waals surface area (Å²) in [6, 6.07) is 0. The molecule has 60 valence electrons. The van der Waals surface area contributed by atoms with Gasteiger partial charge in [-0.25, -0.2) is 0 Å². The van der Waals surface area contributed by atoms with Crippen LogP contribution in [0.4, 0.5) is 0 Å². The van der Waals surface area contributed by atoms with E-state index in [0.717, 1.165) is 0 Å². The van der Waals surface area contributed by atoms with E-state index in [2.05, 4.69) is 32.9 Å². The molecular weight excluding hydrogens is 136 g/mol. The van der Waals surface area contributed by atoms with Gasteiger partial charge in [0.1, 0.15) is 6.10 Å². The van der Waals surface area contributed by atoms with Gasteiger partial charge in [0.05, 0.1) is 6.26 Å². The molecule has 0 aromatic carbocycles. The fourth-order valence-electron chi connectivity index (χ4n) is 1.01. The summed E-state index contributed by atoms with van der Waals surface area (Å²) in [6.07, 6.45) is 8.07. The second-order valence-corrected chi connectivity index (χ2v) is 3.06. The van der Waals surface area contributed by atoms with E-state index in [-0.39, 0.29) is 11.8 Å². The predicted octanol–water partition coefficient (Wildman–Crippen LogP) is 3.26. The molecule has 1 aliphatic rings. The van der Waals surface area contributed by atoms with Crippen molar-refractivity contribution in [2.45, 2.75) is 26.9 Å². The summed E-state index contributed by atoms with van der Waals surface area (Å²) in [6.45, 7) is 6.22. The Bertz CT molecular complexity index is 230. The number of rotatable bonds is 1. The molecule has 0 bridgehead atoms. The van der Waals surface area contributed by atoms with E-state index in [0.29, 0.717) is 0 Å². The Hall–Kier alpha value is -0.980. The molecular formula is C10H18O+4. The van der Waals surface area contributed by atoms with Crippen molar-refractivity contribution in [3.63, 3.8) is 0 Å². The van der Waals surface area contributed by atoms with Crippen LogP contribution in [0.1, 0.15) is 26.5 Å². The van der Waals surface area contributed by atoms with Crippen molar-refractivity contribution in [3.8, 4) is 0 Å². The van der Waals surface area contributed by atoms with E-state index in [1.807, 2.05) is 6.08 Å². The molecule has 0 aromatic heterocycles. The van der Waals surface area contributed by atoms with Crippen LogP contribution in [0.25, 0.3) is 0 Å². The molecule has 0 saturated carbocycles. The fourth-order valence-corrected chi connectivity index (χ4v) is 1.01. The summed E-state index contributed by atoms with van der Waals surface area (Å²) in [5.74, 6) is 0. The first-order valence-electron chi connectivity index (χ1n) is 3.84. The Morgan fingerprint density at radius 3 is 2.91 bits per heavy atom. The fraction of sp³-hybridized carbons (Fsp3) is 0.400. The molecule has 0 saturated heterocycles. The van der Waals surface area contributed by atoms with Crippen molar-refractivity contribution in [1.29, 1.82) is 0 Å². The zero-order chi connectivity index (χ0) is 8.27. The maximum Gasteiger partial charge on any atom is 1.00 e. The minimum absolute atomic E-state index is 0. The van der Waals surface area contributed by atoms with Crippen LogP contribution in [0.3, 0.4) is 0 Å². The van der Waals surface area contributed by atoms with Gasteiger partial charge in [-0.3, -0.25) is 0 Å². The SMILES string of the molecule is CC(C)=C[C@H]1C=C(C)C=CO1.[H+].[H+].[H+].[H+]. The highest BCUT2D eigenvalue weighted by Crippen LogP contribution is 2.11. The quantitative estimate of drug-likeness (QED) is 0.527. The standard InChI is InChI=1S/C10H14O/c1-8(2)6-10-7-9(3)4-5-11-10/h4-7,10H,1-3H3/p+4/t10-/m0/s1. The third kappa shape index (κ3) is 2.62. The van der Waals surface area contributed by atoms with Gasteiger partial charge in [-0.2, -0.15) is 0 Å². The molecule has 1 rings (SSSR count). The lowest BCUT2D eigenvalue weighted by Gasteiger charge is -2.13. The van der Waals surface area contributed by atoms with Crippen molar-refractivity contribution >= 4 is 0 Å². The van der Waals surface area contributed by atoms with E-state index < -0.39 is 0 Å². The highest BCUT2D eigenvalue weighted by molar-refractivity contribution is 5.23. The van der Waals surface area contributed by atoms with Crippen LogP contribution in [-0.4, -0.2) is 6.10 Å². The topological polar surface area (TPSA) is 9.23 Å². The molecule has 0 spiro atoms. The third-order valence-corrected chi connectivity index (χ3v) is 1.49. The Kier molecular flexibility index (Phi) is 2.53. The van der Waals surface area contributed by atoms with Gasteiger partial charge in [-0.1, -0.05) is 5.57 Å². The number of hydrogen-bond donors (Lipinski definition) is 0. The monoisotopic (exact) mass is 154 g/mol. The van der Waals surface area contributed by atoms with Crippen LogP contribution in [0, 0.1) is 0 Å². The maximum atomic E-state index is 5.33. The summed E-state index contributed by atoms with van der Waals surface area (Å²) < 4.78 is 5.33. The van der Waals surface area contributed by atoms with Gasteiger partial charge in [-0.15, -0.1) is 0 Å².